The molecule has 0 fully saturated rings. The maximum absolute atomic E-state index is 12.4. The predicted molar refractivity (Wildman–Crippen MR) is 125 cm³/mol. The van der Waals surface area contributed by atoms with Crippen LogP contribution in [0.2, 0.25) is 0 Å². The van der Waals surface area contributed by atoms with Crippen LogP contribution < -0.4 is 19.6 Å². The van der Waals surface area contributed by atoms with Gasteiger partial charge in [-0.2, -0.15) is 5.10 Å². The summed E-state index contributed by atoms with van der Waals surface area (Å²) in [6, 6.07) is 18.8. The van der Waals surface area contributed by atoms with E-state index in [1.807, 2.05) is 6.07 Å². The molecule has 1 N–H and O–H groups in total. The molecule has 0 aliphatic rings. The summed E-state index contributed by atoms with van der Waals surface area (Å²) in [6.07, 6.45) is 1.48. The first-order valence-electron chi connectivity index (χ1n) is 9.14. The molecule has 0 aliphatic carbocycles. The number of ether oxygens (including phenoxy) is 3. The zero-order valence-electron chi connectivity index (χ0n) is 16.8. The van der Waals surface area contributed by atoms with Crippen LogP contribution in [0.3, 0.4) is 0 Å². The van der Waals surface area contributed by atoms with Crippen LogP contribution in [0.4, 0.5) is 0 Å². The second-order valence-corrected chi connectivity index (χ2v) is 7.38. The summed E-state index contributed by atoms with van der Waals surface area (Å²) in [7, 11) is 3.04. The summed E-state index contributed by atoms with van der Waals surface area (Å²) in [5.41, 5.74) is 4.02. The zero-order chi connectivity index (χ0) is 22.2. The maximum Gasteiger partial charge on any atom is 0.343 e. The first kappa shape index (κ1) is 22.3. The Labute approximate surface area is 193 Å². The number of halogens is 1. The fourth-order valence-electron chi connectivity index (χ4n) is 2.61. The number of hydrogen-bond acceptors (Lipinski definition) is 6. The van der Waals surface area contributed by atoms with E-state index in [0.29, 0.717) is 37.5 Å². The maximum atomic E-state index is 12.4. The molecular weight excluding hydrogens is 511 g/mol. The lowest BCUT2D eigenvalue weighted by Gasteiger charge is -2.12. The van der Waals surface area contributed by atoms with E-state index >= 15 is 0 Å². The average molecular weight is 530 g/mol. The highest BCUT2D eigenvalue weighted by molar-refractivity contribution is 14.1. The molecular formula is C23H19IN2O5. The monoisotopic (exact) mass is 530 g/mol. The number of esters is 1. The Balaban J connectivity index is 1.71. The van der Waals surface area contributed by atoms with Crippen LogP contribution in [-0.4, -0.2) is 32.3 Å². The fraction of sp³-hybridized carbons (Fsp3) is 0.0870. The molecule has 0 saturated carbocycles. The molecule has 3 aromatic rings. The van der Waals surface area contributed by atoms with Crippen molar-refractivity contribution >= 4 is 40.7 Å². The number of hydrogen-bond donors (Lipinski definition) is 1. The smallest absolute Gasteiger partial charge is 0.343 e. The van der Waals surface area contributed by atoms with Crippen molar-refractivity contribution in [2.45, 2.75) is 0 Å². The van der Waals surface area contributed by atoms with Gasteiger partial charge in [0.05, 0.1) is 29.6 Å². The lowest BCUT2D eigenvalue weighted by Crippen LogP contribution is -2.17. The van der Waals surface area contributed by atoms with Crippen molar-refractivity contribution in [1.82, 2.24) is 5.43 Å². The molecule has 31 heavy (non-hydrogen) atoms. The average Bonchev–Trinajstić information content (AvgIpc) is 2.81. The molecule has 0 unspecified atom stereocenters. The van der Waals surface area contributed by atoms with Crippen LogP contribution in [0.5, 0.6) is 17.2 Å². The van der Waals surface area contributed by atoms with Gasteiger partial charge in [-0.1, -0.05) is 18.2 Å². The lowest BCUT2D eigenvalue weighted by molar-refractivity contribution is 0.0728. The van der Waals surface area contributed by atoms with Gasteiger partial charge in [0, 0.05) is 5.56 Å². The highest BCUT2D eigenvalue weighted by Crippen LogP contribution is 2.34. The number of amides is 1. The number of methoxy groups -OCH3 is 2. The second kappa shape index (κ2) is 10.6. The van der Waals surface area contributed by atoms with E-state index < -0.39 is 5.97 Å². The van der Waals surface area contributed by atoms with E-state index in [9.17, 15) is 9.59 Å². The van der Waals surface area contributed by atoms with Gasteiger partial charge in [0.25, 0.3) is 5.91 Å². The second-order valence-electron chi connectivity index (χ2n) is 6.22. The summed E-state index contributed by atoms with van der Waals surface area (Å²) in [5, 5.41) is 3.99. The largest absolute Gasteiger partial charge is 0.497 e. The number of carbonyl (C=O) groups excluding carboxylic acids is 2. The standard InChI is InChI=1S/C23H19IN2O5/c1-29-18-10-8-16(9-11-18)22(27)26-25-14-15-12-19(24)21(20(13-15)30-2)31-23(28)17-6-4-3-5-7-17/h3-14H,1-2H3,(H,26,27)/b25-14-. The third-order valence-electron chi connectivity index (χ3n) is 4.19. The Morgan fingerprint density at radius 2 is 1.65 bits per heavy atom. The van der Waals surface area contributed by atoms with Gasteiger partial charge in [0.1, 0.15) is 5.75 Å². The molecule has 3 rings (SSSR count). The molecule has 3 aromatic carbocycles. The highest BCUT2D eigenvalue weighted by atomic mass is 127. The van der Waals surface area contributed by atoms with E-state index in [4.69, 9.17) is 14.2 Å². The summed E-state index contributed by atoms with van der Waals surface area (Å²) in [5.74, 6) is 0.518. The topological polar surface area (TPSA) is 86.2 Å². The SMILES string of the molecule is COc1ccc(C(=O)N/N=C\c2cc(I)c(OC(=O)c3ccccc3)c(OC)c2)cc1. The van der Waals surface area contributed by atoms with Crippen molar-refractivity contribution in [3.63, 3.8) is 0 Å². The Morgan fingerprint density at radius 3 is 2.29 bits per heavy atom. The van der Waals surface area contributed by atoms with E-state index in [2.05, 4.69) is 33.1 Å². The Bertz CT molecular complexity index is 1100. The van der Waals surface area contributed by atoms with Crippen molar-refractivity contribution in [1.29, 1.82) is 0 Å². The van der Waals surface area contributed by atoms with Gasteiger partial charge in [-0.05, 0) is 76.7 Å². The van der Waals surface area contributed by atoms with Crippen molar-refractivity contribution in [3.05, 3.63) is 87.0 Å². The normalized spacial score (nSPS) is 10.5. The Kier molecular flexibility index (Phi) is 7.60. The molecule has 0 saturated heterocycles. The van der Waals surface area contributed by atoms with Gasteiger partial charge in [0.2, 0.25) is 0 Å². The Morgan fingerprint density at radius 1 is 0.935 bits per heavy atom. The molecule has 0 aromatic heterocycles. The van der Waals surface area contributed by atoms with Crippen molar-refractivity contribution in [3.8, 4) is 17.2 Å². The van der Waals surface area contributed by atoms with Crippen molar-refractivity contribution in [2.24, 2.45) is 5.10 Å². The van der Waals surface area contributed by atoms with Crippen LogP contribution in [0.1, 0.15) is 26.3 Å². The first-order chi connectivity index (χ1) is 15.0. The zero-order valence-corrected chi connectivity index (χ0v) is 19.0. The van der Waals surface area contributed by atoms with Crippen LogP contribution in [0.25, 0.3) is 0 Å². The number of carbonyl (C=O) groups is 2. The number of nitrogens with one attached hydrogen (secondary N) is 1. The quantitative estimate of drug-likeness (QED) is 0.162. The minimum Gasteiger partial charge on any atom is -0.497 e. The summed E-state index contributed by atoms with van der Waals surface area (Å²) >= 11 is 2.05. The highest BCUT2D eigenvalue weighted by Gasteiger charge is 2.16. The van der Waals surface area contributed by atoms with E-state index in [-0.39, 0.29) is 5.91 Å². The van der Waals surface area contributed by atoms with Crippen LogP contribution in [-0.2, 0) is 0 Å². The first-order valence-corrected chi connectivity index (χ1v) is 10.2. The van der Waals surface area contributed by atoms with Gasteiger partial charge < -0.3 is 14.2 Å². The third kappa shape index (κ3) is 5.82. The van der Waals surface area contributed by atoms with Gasteiger partial charge in [0.15, 0.2) is 11.5 Å². The number of nitrogens with zero attached hydrogens (tertiary/aromatic N) is 1. The molecule has 0 spiro atoms. The summed E-state index contributed by atoms with van der Waals surface area (Å²) < 4.78 is 16.6. The van der Waals surface area contributed by atoms with Gasteiger partial charge >= 0.3 is 5.97 Å². The summed E-state index contributed by atoms with van der Waals surface area (Å²) in [4.78, 5) is 24.6. The molecule has 7 nitrogen and oxygen atoms in total. The molecule has 158 valence electrons. The van der Waals surface area contributed by atoms with E-state index in [0.717, 1.165) is 0 Å². The van der Waals surface area contributed by atoms with Crippen LogP contribution in [0.15, 0.2) is 71.8 Å². The molecule has 0 aliphatic heterocycles. The molecule has 0 atom stereocenters. The number of hydrazone groups is 1. The predicted octanol–water partition coefficient (Wildman–Crippen LogP) is 4.29. The molecule has 0 heterocycles. The number of benzene rings is 3. The van der Waals surface area contributed by atoms with Crippen LogP contribution >= 0.6 is 22.6 Å². The third-order valence-corrected chi connectivity index (χ3v) is 4.99. The van der Waals surface area contributed by atoms with Crippen molar-refractivity contribution < 1.29 is 23.8 Å². The molecule has 1 amide bonds. The van der Waals surface area contributed by atoms with E-state index in [1.54, 1.807) is 67.8 Å². The van der Waals surface area contributed by atoms with Gasteiger partial charge in [-0.15, -0.1) is 0 Å². The molecule has 0 bridgehead atoms. The minimum absolute atomic E-state index is 0.316. The Hall–Kier alpha value is -3.40. The van der Waals surface area contributed by atoms with Crippen LogP contribution in [0, 0.1) is 3.57 Å². The van der Waals surface area contributed by atoms with E-state index in [1.165, 1.54) is 13.3 Å². The van der Waals surface area contributed by atoms with Crippen molar-refractivity contribution in [2.75, 3.05) is 14.2 Å². The molecule has 8 heteroatoms. The summed E-state index contributed by atoms with van der Waals surface area (Å²) in [6.45, 7) is 0. The van der Waals surface area contributed by atoms with Gasteiger partial charge in [-0.3, -0.25) is 4.79 Å². The molecule has 0 radical (unpaired) electrons. The fourth-order valence-corrected chi connectivity index (χ4v) is 3.35. The minimum atomic E-state index is -0.481. The number of rotatable bonds is 7. The lowest BCUT2D eigenvalue weighted by atomic mass is 10.2. The van der Waals surface area contributed by atoms with Gasteiger partial charge in [-0.25, -0.2) is 10.2 Å².